The van der Waals surface area contributed by atoms with E-state index in [1.165, 1.54) is 17.7 Å². The predicted molar refractivity (Wildman–Crippen MR) is 123 cm³/mol. The summed E-state index contributed by atoms with van der Waals surface area (Å²) in [5.74, 6) is -0.222. The molecule has 0 aromatic rings. The van der Waals surface area contributed by atoms with Gasteiger partial charge in [0, 0.05) is 37.3 Å². The maximum absolute atomic E-state index is 11.9. The van der Waals surface area contributed by atoms with Gasteiger partial charge in [-0.05, 0) is 66.5 Å². The molecule has 0 radical (unpaired) electrons. The van der Waals surface area contributed by atoms with Crippen molar-refractivity contribution < 1.29 is 9.59 Å². The number of rotatable bonds is 10. The van der Waals surface area contributed by atoms with Crippen LogP contribution in [0.5, 0.6) is 0 Å². The normalized spacial score (nSPS) is 29.9. The standard InChI is InChI=1S/C24H40N4O2/c1-9-22(29)25-19-14-27(16(3)4)20(19)12-11-18(7)13-21-24(8,26-23(30)10-2)15-28(21)17(5)6/h9-11,16-17,19-21H,1-2,12-15H2,3-8H3,(H,25,29)(H,26,30)/b18-11-. The number of nitrogens with zero attached hydrogens (tertiary/aromatic N) is 2. The van der Waals surface area contributed by atoms with E-state index < -0.39 is 0 Å². The van der Waals surface area contributed by atoms with Gasteiger partial charge in [0.2, 0.25) is 11.8 Å². The van der Waals surface area contributed by atoms with Crippen molar-refractivity contribution in [2.45, 2.75) is 90.1 Å². The summed E-state index contributed by atoms with van der Waals surface area (Å²) in [7, 11) is 0. The zero-order valence-electron chi connectivity index (χ0n) is 19.6. The monoisotopic (exact) mass is 416 g/mol. The smallest absolute Gasteiger partial charge is 0.243 e. The average molecular weight is 417 g/mol. The molecule has 0 aromatic heterocycles. The van der Waals surface area contributed by atoms with E-state index in [-0.39, 0.29) is 29.4 Å². The highest BCUT2D eigenvalue weighted by molar-refractivity contribution is 5.88. The molecule has 2 fully saturated rings. The number of hydrogen-bond donors (Lipinski definition) is 2. The SMILES string of the molecule is C=CC(=O)NC1CN(C(C)C)C1C/C=C(/C)CC1N(C(C)C)CC1(C)NC(=O)C=C. The topological polar surface area (TPSA) is 64.7 Å². The van der Waals surface area contributed by atoms with Crippen LogP contribution in [0.15, 0.2) is 37.0 Å². The molecule has 6 nitrogen and oxygen atoms in total. The Bertz CT molecular complexity index is 699. The molecule has 0 aromatic carbocycles. The zero-order valence-corrected chi connectivity index (χ0v) is 19.6. The first-order chi connectivity index (χ1) is 14.0. The third-order valence-corrected chi connectivity index (χ3v) is 6.60. The molecular formula is C24H40N4O2. The van der Waals surface area contributed by atoms with Crippen molar-refractivity contribution in [1.29, 1.82) is 0 Å². The third-order valence-electron chi connectivity index (χ3n) is 6.60. The lowest BCUT2D eigenvalue weighted by Crippen LogP contribution is -2.76. The van der Waals surface area contributed by atoms with Gasteiger partial charge < -0.3 is 10.6 Å². The quantitative estimate of drug-likeness (QED) is 0.424. The van der Waals surface area contributed by atoms with Gasteiger partial charge in [0.1, 0.15) is 0 Å². The fourth-order valence-corrected chi connectivity index (χ4v) is 4.75. The van der Waals surface area contributed by atoms with E-state index >= 15 is 0 Å². The zero-order chi connectivity index (χ0) is 22.6. The second kappa shape index (κ2) is 9.92. The van der Waals surface area contributed by atoms with E-state index in [9.17, 15) is 9.59 Å². The molecule has 0 spiro atoms. The fraction of sp³-hybridized carbons (Fsp3) is 0.667. The van der Waals surface area contributed by atoms with Gasteiger partial charge in [-0.15, -0.1) is 0 Å². The Balaban J connectivity index is 2.05. The van der Waals surface area contributed by atoms with E-state index in [4.69, 9.17) is 0 Å². The molecule has 2 amide bonds. The van der Waals surface area contributed by atoms with Gasteiger partial charge in [0.15, 0.2) is 0 Å². The average Bonchev–Trinajstić information content (AvgIpc) is 2.66. The number of nitrogens with one attached hydrogen (secondary N) is 2. The third kappa shape index (κ3) is 5.41. The predicted octanol–water partition coefficient (Wildman–Crippen LogP) is 2.63. The van der Waals surface area contributed by atoms with Crippen molar-refractivity contribution >= 4 is 11.8 Å². The second-order valence-corrected chi connectivity index (χ2v) is 9.56. The van der Waals surface area contributed by atoms with Gasteiger partial charge in [-0.25, -0.2) is 0 Å². The van der Waals surface area contributed by atoms with Crippen molar-refractivity contribution in [1.82, 2.24) is 20.4 Å². The van der Waals surface area contributed by atoms with Gasteiger partial charge in [-0.3, -0.25) is 19.4 Å². The van der Waals surface area contributed by atoms with Gasteiger partial charge >= 0.3 is 0 Å². The molecule has 2 heterocycles. The second-order valence-electron chi connectivity index (χ2n) is 9.56. The highest BCUT2D eigenvalue weighted by atomic mass is 16.2. The minimum absolute atomic E-state index is 0.107. The molecule has 2 aliphatic heterocycles. The van der Waals surface area contributed by atoms with Crippen LogP contribution in [0.25, 0.3) is 0 Å². The summed E-state index contributed by atoms with van der Waals surface area (Å²) in [5.41, 5.74) is 1.07. The Hall–Kier alpha value is -1.92. The highest BCUT2D eigenvalue weighted by Crippen LogP contribution is 2.35. The summed E-state index contributed by atoms with van der Waals surface area (Å²) in [6.45, 7) is 21.9. The number of carbonyl (C=O) groups is 2. The maximum Gasteiger partial charge on any atom is 0.243 e. The van der Waals surface area contributed by atoms with Gasteiger partial charge in [-0.1, -0.05) is 24.8 Å². The molecular weight excluding hydrogens is 376 g/mol. The van der Waals surface area contributed by atoms with Crippen LogP contribution in [0, 0.1) is 0 Å². The molecule has 2 saturated heterocycles. The van der Waals surface area contributed by atoms with Gasteiger partial charge in [-0.2, -0.15) is 0 Å². The van der Waals surface area contributed by atoms with E-state index in [0.29, 0.717) is 18.1 Å². The van der Waals surface area contributed by atoms with Crippen LogP contribution in [0.4, 0.5) is 0 Å². The first-order valence-electron chi connectivity index (χ1n) is 11.1. The van der Waals surface area contributed by atoms with Gasteiger partial charge in [0.05, 0.1) is 11.6 Å². The molecule has 2 rings (SSSR count). The number of hydrogen-bond acceptors (Lipinski definition) is 4. The molecule has 168 valence electrons. The number of amides is 2. The van der Waals surface area contributed by atoms with Crippen LogP contribution in [-0.2, 0) is 9.59 Å². The van der Waals surface area contributed by atoms with E-state index in [0.717, 1.165) is 25.9 Å². The summed E-state index contributed by atoms with van der Waals surface area (Å²) >= 11 is 0. The Morgan fingerprint density at radius 3 is 2.23 bits per heavy atom. The minimum Gasteiger partial charge on any atom is -0.347 e. The van der Waals surface area contributed by atoms with Crippen LogP contribution < -0.4 is 10.6 Å². The molecule has 2 aliphatic rings. The Morgan fingerprint density at radius 2 is 1.70 bits per heavy atom. The summed E-state index contributed by atoms with van der Waals surface area (Å²) < 4.78 is 0. The van der Waals surface area contributed by atoms with Crippen LogP contribution in [0.2, 0.25) is 0 Å². The van der Waals surface area contributed by atoms with E-state index in [1.807, 2.05) is 0 Å². The van der Waals surface area contributed by atoms with E-state index in [1.54, 1.807) is 0 Å². The number of carbonyl (C=O) groups excluding carboxylic acids is 2. The first-order valence-corrected chi connectivity index (χ1v) is 11.1. The van der Waals surface area contributed by atoms with Crippen LogP contribution in [-0.4, -0.2) is 70.5 Å². The van der Waals surface area contributed by atoms with Crippen LogP contribution in [0.1, 0.15) is 54.4 Å². The summed E-state index contributed by atoms with van der Waals surface area (Å²) in [5, 5.41) is 6.19. The first kappa shape index (κ1) is 24.4. The fourth-order valence-electron chi connectivity index (χ4n) is 4.75. The van der Waals surface area contributed by atoms with Crippen molar-refractivity contribution in [3.63, 3.8) is 0 Å². The van der Waals surface area contributed by atoms with Crippen molar-refractivity contribution in [3.05, 3.63) is 37.0 Å². The summed E-state index contributed by atoms with van der Waals surface area (Å²) in [6, 6.07) is 1.60. The largest absolute Gasteiger partial charge is 0.347 e. The molecule has 0 saturated carbocycles. The minimum atomic E-state index is -0.244. The maximum atomic E-state index is 11.9. The van der Waals surface area contributed by atoms with Crippen molar-refractivity contribution in [3.8, 4) is 0 Å². The van der Waals surface area contributed by atoms with Gasteiger partial charge in [0.25, 0.3) is 0 Å². The van der Waals surface area contributed by atoms with Crippen LogP contribution >= 0.6 is 0 Å². The summed E-state index contributed by atoms with van der Waals surface area (Å²) in [6.07, 6.45) is 6.79. The lowest BCUT2D eigenvalue weighted by Gasteiger charge is -2.58. The molecule has 6 heteroatoms. The van der Waals surface area contributed by atoms with Crippen molar-refractivity contribution in [2.24, 2.45) is 0 Å². The Kier molecular flexibility index (Phi) is 8.06. The molecule has 4 atom stereocenters. The molecule has 4 unspecified atom stereocenters. The molecule has 2 N–H and O–H groups in total. The molecule has 0 bridgehead atoms. The Morgan fingerprint density at radius 1 is 1.10 bits per heavy atom. The lowest BCUT2D eigenvalue weighted by atomic mass is 9.76. The molecule has 30 heavy (non-hydrogen) atoms. The highest BCUT2D eigenvalue weighted by Gasteiger charge is 2.50. The van der Waals surface area contributed by atoms with Crippen LogP contribution in [0.3, 0.4) is 0 Å². The van der Waals surface area contributed by atoms with E-state index in [2.05, 4.69) is 81.2 Å². The van der Waals surface area contributed by atoms with Crippen molar-refractivity contribution in [2.75, 3.05) is 13.1 Å². The molecule has 0 aliphatic carbocycles. The Labute approximate surface area is 182 Å². The number of likely N-dealkylation sites (tertiary alicyclic amines) is 2. The lowest BCUT2D eigenvalue weighted by molar-refractivity contribution is -0.124. The summed E-state index contributed by atoms with van der Waals surface area (Å²) in [4.78, 5) is 28.5.